The number of hydrogen-bond donors (Lipinski definition) is 1. The first-order valence-corrected chi connectivity index (χ1v) is 11.2. The predicted molar refractivity (Wildman–Crippen MR) is 106 cm³/mol. The van der Waals surface area contributed by atoms with Gasteiger partial charge in [0.15, 0.2) is 9.84 Å². The van der Waals surface area contributed by atoms with Crippen molar-refractivity contribution in [1.29, 1.82) is 0 Å². The molecule has 0 radical (unpaired) electrons. The molecule has 5 nitrogen and oxygen atoms in total. The summed E-state index contributed by atoms with van der Waals surface area (Å²) in [6.07, 6.45) is 4.89. The summed E-state index contributed by atoms with van der Waals surface area (Å²) in [7, 11) is -3.46. The third-order valence-corrected chi connectivity index (χ3v) is 6.09. The zero-order valence-corrected chi connectivity index (χ0v) is 16.5. The second-order valence-corrected chi connectivity index (χ2v) is 9.04. The molecule has 27 heavy (non-hydrogen) atoms. The highest BCUT2D eigenvalue weighted by Gasteiger charge is 2.18. The van der Waals surface area contributed by atoms with E-state index >= 15 is 0 Å². The molecule has 1 saturated heterocycles. The van der Waals surface area contributed by atoms with Gasteiger partial charge in [0.25, 0.3) is 5.91 Å². The van der Waals surface area contributed by atoms with E-state index in [9.17, 15) is 13.2 Å². The largest absolute Gasteiger partial charge is 0.348 e. The predicted octanol–water partition coefficient (Wildman–Crippen LogP) is 3.01. The number of nitrogens with one attached hydrogen (secondary N) is 1. The van der Waals surface area contributed by atoms with Gasteiger partial charge in [0.2, 0.25) is 0 Å². The topological polar surface area (TPSA) is 66.5 Å². The van der Waals surface area contributed by atoms with Crippen LogP contribution in [0.4, 0.5) is 0 Å². The fourth-order valence-corrected chi connectivity index (χ4v) is 4.38. The van der Waals surface area contributed by atoms with Crippen molar-refractivity contribution in [3.63, 3.8) is 0 Å². The van der Waals surface area contributed by atoms with Crippen LogP contribution in [0, 0.1) is 0 Å². The summed E-state index contributed by atoms with van der Waals surface area (Å²) in [5, 5.41) is 2.88. The first-order valence-electron chi connectivity index (χ1n) is 9.31. The summed E-state index contributed by atoms with van der Waals surface area (Å²) >= 11 is 0. The van der Waals surface area contributed by atoms with Crippen molar-refractivity contribution >= 4 is 15.7 Å². The standard InChI is InChI=1S/C21H26N2O3S/c1-27(25,26)20-12-6-5-11-19(20)21(24)22-15-17-9-3-4-10-18(17)16-23-13-7-2-8-14-23/h3-6,9-12H,2,7-8,13-16H2,1H3,(H,22,24). The molecule has 1 aliphatic rings. The molecule has 3 rings (SSSR count). The summed E-state index contributed by atoms with van der Waals surface area (Å²) in [5.74, 6) is -0.371. The summed E-state index contributed by atoms with van der Waals surface area (Å²) in [5.41, 5.74) is 2.46. The van der Waals surface area contributed by atoms with Gasteiger partial charge in [0.05, 0.1) is 10.5 Å². The Balaban J connectivity index is 1.71. The van der Waals surface area contributed by atoms with Crippen LogP contribution in [-0.2, 0) is 22.9 Å². The van der Waals surface area contributed by atoms with Gasteiger partial charge in [-0.15, -0.1) is 0 Å². The maximum atomic E-state index is 12.6. The number of nitrogens with zero attached hydrogens (tertiary/aromatic N) is 1. The Labute approximate surface area is 161 Å². The van der Waals surface area contributed by atoms with Gasteiger partial charge in [-0.3, -0.25) is 9.69 Å². The fraction of sp³-hybridized carbons (Fsp3) is 0.381. The number of sulfone groups is 1. The van der Waals surface area contributed by atoms with Crippen molar-refractivity contribution in [3.05, 3.63) is 65.2 Å². The SMILES string of the molecule is CS(=O)(=O)c1ccccc1C(=O)NCc1ccccc1CN1CCCCC1. The minimum Gasteiger partial charge on any atom is -0.348 e. The summed E-state index contributed by atoms with van der Waals surface area (Å²) in [6.45, 7) is 3.48. The monoisotopic (exact) mass is 386 g/mol. The molecular weight excluding hydrogens is 360 g/mol. The lowest BCUT2D eigenvalue weighted by Gasteiger charge is -2.27. The number of benzene rings is 2. The van der Waals surface area contributed by atoms with E-state index in [2.05, 4.69) is 16.3 Å². The van der Waals surface area contributed by atoms with Gasteiger partial charge < -0.3 is 5.32 Å². The first kappa shape index (κ1) is 19.6. The summed E-state index contributed by atoms with van der Waals surface area (Å²) < 4.78 is 23.8. The van der Waals surface area contributed by atoms with Crippen LogP contribution < -0.4 is 5.32 Å². The number of likely N-dealkylation sites (tertiary alicyclic amines) is 1. The van der Waals surface area contributed by atoms with Crippen LogP contribution >= 0.6 is 0 Å². The molecule has 1 N–H and O–H groups in total. The maximum absolute atomic E-state index is 12.6. The Morgan fingerprint density at radius 2 is 1.59 bits per heavy atom. The minimum absolute atomic E-state index is 0.0594. The zero-order chi connectivity index (χ0) is 19.3. The normalized spacial score (nSPS) is 15.4. The highest BCUT2D eigenvalue weighted by atomic mass is 32.2. The molecule has 1 amide bonds. The van der Waals surface area contributed by atoms with Crippen molar-refractivity contribution in [2.24, 2.45) is 0 Å². The highest BCUT2D eigenvalue weighted by Crippen LogP contribution is 2.18. The van der Waals surface area contributed by atoms with Crippen molar-refractivity contribution in [3.8, 4) is 0 Å². The van der Waals surface area contributed by atoms with Crippen molar-refractivity contribution in [2.45, 2.75) is 37.2 Å². The molecule has 144 valence electrons. The van der Waals surface area contributed by atoms with Gasteiger partial charge in [0.1, 0.15) is 0 Å². The molecule has 2 aromatic rings. The molecule has 0 atom stereocenters. The van der Waals surface area contributed by atoms with Gasteiger partial charge in [-0.25, -0.2) is 8.42 Å². The molecule has 2 aromatic carbocycles. The first-order chi connectivity index (χ1) is 12.9. The van der Waals surface area contributed by atoms with Crippen molar-refractivity contribution in [2.75, 3.05) is 19.3 Å². The van der Waals surface area contributed by atoms with Crippen LogP contribution in [0.15, 0.2) is 53.4 Å². The molecule has 1 aliphatic heterocycles. The second kappa shape index (κ2) is 8.67. The van der Waals surface area contributed by atoms with Crippen LogP contribution in [0.2, 0.25) is 0 Å². The molecule has 0 spiro atoms. The van der Waals surface area contributed by atoms with Gasteiger partial charge >= 0.3 is 0 Å². The van der Waals surface area contributed by atoms with Crippen molar-refractivity contribution < 1.29 is 13.2 Å². The van der Waals surface area contributed by atoms with Crippen LogP contribution in [0.3, 0.4) is 0 Å². The number of piperidine rings is 1. The molecule has 1 heterocycles. The molecule has 1 fully saturated rings. The van der Waals surface area contributed by atoms with E-state index in [-0.39, 0.29) is 16.4 Å². The quantitative estimate of drug-likeness (QED) is 0.829. The van der Waals surface area contributed by atoms with Crippen LogP contribution in [0.1, 0.15) is 40.7 Å². The van der Waals surface area contributed by atoms with E-state index in [0.717, 1.165) is 31.5 Å². The van der Waals surface area contributed by atoms with Gasteiger partial charge in [-0.2, -0.15) is 0 Å². The van der Waals surface area contributed by atoms with E-state index in [1.807, 2.05) is 18.2 Å². The Morgan fingerprint density at radius 3 is 2.30 bits per heavy atom. The van der Waals surface area contributed by atoms with Crippen LogP contribution in [0.5, 0.6) is 0 Å². The number of carbonyl (C=O) groups excluding carboxylic acids is 1. The Morgan fingerprint density at radius 1 is 0.963 bits per heavy atom. The fourth-order valence-electron chi connectivity index (χ4n) is 3.49. The average molecular weight is 387 g/mol. The highest BCUT2D eigenvalue weighted by molar-refractivity contribution is 7.90. The van der Waals surface area contributed by atoms with Gasteiger partial charge in [-0.05, 0) is 49.2 Å². The van der Waals surface area contributed by atoms with Crippen molar-refractivity contribution in [1.82, 2.24) is 10.2 Å². The van der Waals surface area contributed by atoms with E-state index in [1.165, 1.54) is 30.9 Å². The number of amides is 1. The zero-order valence-electron chi connectivity index (χ0n) is 15.6. The smallest absolute Gasteiger partial charge is 0.252 e. The molecule has 0 aliphatic carbocycles. The lowest BCUT2D eigenvalue weighted by molar-refractivity contribution is 0.0947. The van der Waals surface area contributed by atoms with Crippen LogP contribution in [-0.4, -0.2) is 38.6 Å². The van der Waals surface area contributed by atoms with E-state index < -0.39 is 9.84 Å². The molecule has 6 heteroatoms. The third-order valence-electron chi connectivity index (χ3n) is 4.93. The molecule has 0 bridgehead atoms. The second-order valence-electron chi connectivity index (χ2n) is 7.06. The maximum Gasteiger partial charge on any atom is 0.252 e. The lowest BCUT2D eigenvalue weighted by Crippen LogP contribution is -2.30. The molecule has 0 saturated carbocycles. The Bertz CT molecular complexity index is 903. The number of rotatable bonds is 6. The Hall–Kier alpha value is -2.18. The minimum atomic E-state index is -3.46. The molecule has 0 unspecified atom stereocenters. The van der Waals surface area contributed by atoms with E-state index in [0.29, 0.717) is 6.54 Å². The summed E-state index contributed by atoms with van der Waals surface area (Å²) in [4.78, 5) is 15.1. The Kier molecular flexibility index (Phi) is 6.29. The number of hydrogen-bond acceptors (Lipinski definition) is 4. The van der Waals surface area contributed by atoms with Gasteiger partial charge in [0, 0.05) is 19.3 Å². The third kappa shape index (κ3) is 5.17. The van der Waals surface area contributed by atoms with E-state index in [1.54, 1.807) is 18.2 Å². The molecule has 0 aromatic heterocycles. The number of carbonyl (C=O) groups is 1. The summed E-state index contributed by atoms with van der Waals surface area (Å²) in [6, 6.07) is 14.4. The van der Waals surface area contributed by atoms with Crippen LogP contribution in [0.25, 0.3) is 0 Å². The lowest BCUT2D eigenvalue weighted by atomic mass is 10.0. The average Bonchev–Trinajstić information content (AvgIpc) is 2.67. The van der Waals surface area contributed by atoms with Gasteiger partial charge in [-0.1, -0.05) is 42.8 Å². The van der Waals surface area contributed by atoms with E-state index in [4.69, 9.17) is 0 Å². The molecular formula is C21H26N2O3S.